The summed E-state index contributed by atoms with van der Waals surface area (Å²) in [5.41, 5.74) is 0. The standard InChI is InChI=1S/C15H30N2O/c1-12(2)10-17(11-13(3)4)15(18)9-16-14-7-5-6-8-14/h12-14,16H,5-11H2,1-4H3. The summed E-state index contributed by atoms with van der Waals surface area (Å²) >= 11 is 0. The van der Waals surface area contributed by atoms with Crippen LogP contribution < -0.4 is 5.32 Å². The average Bonchev–Trinajstić information content (AvgIpc) is 2.76. The lowest BCUT2D eigenvalue weighted by atomic mass is 10.1. The molecule has 0 unspecified atom stereocenters. The first-order valence-electron chi connectivity index (χ1n) is 7.50. The van der Waals surface area contributed by atoms with Gasteiger partial charge in [0.25, 0.3) is 0 Å². The van der Waals surface area contributed by atoms with Crippen molar-refractivity contribution in [3.05, 3.63) is 0 Å². The number of carbonyl (C=O) groups excluding carboxylic acids is 1. The van der Waals surface area contributed by atoms with Crippen LogP contribution in [-0.2, 0) is 4.79 Å². The van der Waals surface area contributed by atoms with Crippen LogP contribution in [-0.4, -0.2) is 36.5 Å². The maximum Gasteiger partial charge on any atom is 0.236 e. The Morgan fingerprint density at radius 2 is 1.61 bits per heavy atom. The van der Waals surface area contributed by atoms with Gasteiger partial charge >= 0.3 is 0 Å². The zero-order chi connectivity index (χ0) is 13.5. The lowest BCUT2D eigenvalue weighted by molar-refractivity contribution is -0.131. The molecule has 3 nitrogen and oxygen atoms in total. The summed E-state index contributed by atoms with van der Waals surface area (Å²) in [5.74, 6) is 1.35. The van der Waals surface area contributed by atoms with E-state index in [0.717, 1.165) is 13.1 Å². The van der Waals surface area contributed by atoms with E-state index in [4.69, 9.17) is 0 Å². The highest BCUT2D eigenvalue weighted by molar-refractivity contribution is 5.78. The van der Waals surface area contributed by atoms with Crippen molar-refractivity contribution in [1.82, 2.24) is 10.2 Å². The van der Waals surface area contributed by atoms with Crippen LogP contribution in [0.15, 0.2) is 0 Å². The van der Waals surface area contributed by atoms with Crippen molar-refractivity contribution in [1.29, 1.82) is 0 Å². The SMILES string of the molecule is CC(C)CN(CC(C)C)C(=O)CNC1CCCC1. The van der Waals surface area contributed by atoms with Crippen molar-refractivity contribution in [2.75, 3.05) is 19.6 Å². The van der Waals surface area contributed by atoms with E-state index < -0.39 is 0 Å². The molecule has 1 aliphatic carbocycles. The van der Waals surface area contributed by atoms with Crippen LogP contribution in [0, 0.1) is 11.8 Å². The zero-order valence-electron chi connectivity index (χ0n) is 12.5. The van der Waals surface area contributed by atoms with E-state index in [2.05, 4.69) is 33.0 Å². The van der Waals surface area contributed by atoms with E-state index in [1.807, 2.05) is 4.90 Å². The molecule has 0 saturated heterocycles. The first-order chi connectivity index (χ1) is 8.49. The molecular weight excluding hydrogens is 224 g/mol. The molecule has 0 atom stereocenters. The molecule has 1 aliphatic rings. The van der Waals surface area contributed by atoms with Crippen molar-refractivity contribution in [3.63, 3.8) is 0 Å². The monoisotopic (exact) mass is 254 g/mol. The van der Waals surface area contributed by atoms with E-state index in [9.17, 15) is 4.79 Å². The molecular formula is C15H30N2O. The Morgan fingerprint density at radius 3 is 2.06 bits per heavy atom. The van der Waals surface area contributed by atoms with Crippen LogP contribution in [0.2, 0.25) is 0 Å². The minimum atomic E-state index is 0.268. The molecule has 0 heterocycles. The lowest BCUT2D eigenvalue weighted by Crippen LogP contribution is -2.43. The quantitative estimate of drug-likeness (QED) is 0.757. The van der Waals surface area contributed by atoms with Gasteiger partial charge in [-0.15, -0.1) is 0 Å². The Morgan fingerprint density at radius 1 is 1.11 bits per heavy atom. The fourth-order valence-electron chi connectivity index (χ4n) is 2.63. The van der Waals surface area contributed by atoms with Gasteiger partial charge in [0, 0.05) is 19.1 Å². The highest BCUT2D eigenvalue weighted by atomic mass is 16.2. The third kappa shape index (κ3) is 5.85. The van der Waals surface area contributed by atoms with Gasteiger partial charge < -0.3 is 10.2 Å². The van der Waals surface area contributed by atoms with Crippen LogP contribution in [0.4, 0.5) is 0 Å². The number of rotatable bonds is 7. The van der Waals surface area contributed by atoms with Crippen molar-refractivity contribution in [2.45, 2.75) is 59.4 Å². The maximum absolute atomic E-state index is 12.2. The molecule has 0 aliphatic heterocycles. The molecule has 0 aromatic rings. The van der Waals surface area contributed by atoms with E-state index in [1.165, 1.54) is 25.7 Å². The topological polar surface area (TPSA) is 32.3 Å². The van der Waals surface area contributed by atoms with Gasteiger partial charge in [-0.25, -0.2) is 0 Å². The van der Waals surface area contributed by atoms with Gasteiger partial charge in [-0.05, 0) is 24.7 Å². The predicted molar refractivity (Wildman–Crippen MR) is 76.5 cm³/mol. The van der Waals surface area contributed by atoms with E-state index in [0.29, 0.717) is 24.4 Å². The minimum absolute atomic E-state index is 0.268. The Kier molecular flexibility index (Phi) is 6.69. The third-order valence-corrected chi connectivity index (χ3v) is 3.42. The van der Waals surface area contributed by atoms with Crippen molar-refractivity contribution in [2.24, 2.45) is 11.8 Å². The second-order valence-electron chi connectivity index (χ2n) is 6.45. The highest BCUT2D eigenvalue weighted by Gasteiger charge is 2.19. The van der Waals surface area contributed by atoms with Gasteiger partial charge in [0.1, 0.15) is 0 Å². The predicted octanol–water partition coefficient (Wildman–Crippen LogP) is 2.66. The van der Waals surface area contributed by atoms with Gasteiger partial charge in [-0.3, -0.25) is 4.79 Å². The first-order valence-corrected chi connectivity index (χ1v) is 7.50. The van der Waals surface area contributed by atoms with Crippen LogP contribution in [0.25, 0.3) is 0 Å². The molecule has 106 valence electrons. The van der Waals surface area contributed by atoms with Gasteiger partial charge in [-0.1, -0.05) is 40.5 Å². The van der Waals surface area contributed by atoms with Crippen molar-refractivity contribution >= 4 is 5.91 Å². The number of carbonyl (C=O) groups is 1. The summed E-state index contributed by atoms with van der Waals surface area (Å²) in [6, 6.07) is 0.578. The highest BCUT2D eigenvalue weighted by Crippen LogP contribution is 2.17. The van der Waals surface area contributed by atoms with Crippen LogP contribution in [0.5, 0.6) is 0 Å². The molecule has 0 aromatic carbocycles. The second kappa shape index (κ2) is 7.78. The summed E-state index contributed by atoms with van der Waals surface area (Å²) in [7, 11) is 0. The van der Waals surface area contributed by atoms with Gasteiger partial charge in [-0.2, -0.15) is 0 Å². The number of hydrogen-bond donors (Lipinski definition) is 1. The minimum Gasteiger partial charge on any atom is -0.341 e. The fourth-order valence-corrected chi connectivity index (χ4v) is 2.63. The first kappa shape index (κ1) is 15.5. The number of amides is 1. The maximum atomic E-state index is 12.2. The molecule has 1 fully saturated rings. The summed E-state index contributed by atoms with van der Waals surface area (Å²) in [6.45, 7) is 11.0. The molecule has 0 aromatic heterocycles. The molecule has 1 amide bonds. The molecule has 1 N–H and O–H groups in total. The Balaban J connectivity index is 2.36. The molecule has 0 spiro atoms. The van der Waals surface area contributed by atoms with E-state index >= 15 is 0 Å². The second-order valence-corrected chi connectivity index (χ2v) is 6.45. The fraction of sp³-hybridized carbons (Fsp3) is 0.933. The summed E-state index contributed by atoms with van der Waals surface area (Å²) in [6.07, 6.45) is 5.10. The molecule has 1 rings (SSSR count). The van der Waals surface area contributed by atoms with Crippen LogP contribution in [0.3, 0.4) is 0 Å². The normalized spacial score (nSPS) is 16.8. The van der Waals surface area contributed by atoms with E-state index in [1.54, 1.807) is 0 Å². The summed E-state index contributed by atoms with van der Waals surface area (Å²) in [4.78, 5) is 14.3. The van der Waals surface area contributed by atoms with Crippen LogP contribution in [0.1, 0.15) is 53.4 Å². The van der Waals surface area contributed by atoms with Gasteiger partial charge in [0.05, 0.1) is 6.54 Å². The largest absolute Gasteiger partial charge is 0.341 e. The molecule has 0 bridgehead atoms. The number of nitrogens with zero attached hydrogens (tertiary/aromatic N) is 1. The molecule has 3 heteroatoms. The Bertz CT molecular complexity index is 235. The summed E-state index contributed by atoms with van der Waals surface area (Å²) in [5, 5.41) is 3.42. The Hall–Kier alpha value is -0.570. The zero-order valence-corrected chi connectivity index (χ0v) is 12.5. The van der Waals surface area contributed by atoms with Crippen molar-refractivity contribution < 1.29 is 4.79 Å². The van der Waals surface area contributed by atoms with Gasteiger partial charge in [0.2, 0.25) is 5.91 Å². The lowest BCUT2D eigenvalue weighted by Gasteiger charge is -2.27. The molecule has 0 radical (unpaired) electrons. The third-order valence-electron chi connectivity index (χ3n) is 3.42. The van der Waals surface area contributed by atoms with E-state index in [-0.39, 0.29) is 5.91 Å². The summed E-state index contributed by atoms with van der Waals surface area (Å²) < 4.78 is 0. The number of hydrogen-bond acceptors (Lipinski definition) is 2. The van der Waals surface area contributed by atoms with Gasteiger partial charge in [0.15, 0.2) is 0 Å². The van der Waals surface area contributed by atoms with Crippen LogP contribution >= 0.6 is 0 Å². The smallest absolute Gasteiger partial charge is 0.236 e. The van der Waals surface area contributed by atoms with Crippen molar-refractivity contribution in [3.8, 4) is 0 Å². The number of nitrogens with one attached hydrogen (secondary N) is 1. The average molecular weight is 254 g/mol. The molecule has 1 saturated carbocycles. The Labute approximate surface area is 112 Å². The molecule has 18 heavy (non-hydrogen) atoms.